The molecule has 124 valence electrons. The molecule has 0 saturated carbocycles. The lowest BCUT2D eigenvalue weighted by Gasteiger charge is -2.34. The lowest BCUT2D eigenvalue weighted by Crippen LogP contribution is -2.48. The second-order valence-corrected chi connectivity index (χ2v) is 5.41. The highest BCUT2D eigenvalue weighted by molar-refractivity contribution is 5.79. The van der Waals surface area contributed by atoms with Crippen LogP contribution in [0.25, 0.3) is 0 Å². The summed E-state index contributed by atoms with van der Waals surface area (Å²) in [6.07, 6.45) is 2.59. The van der Waals surface area contributed by atoms with Crippen LogP contribution in [0.4, 0.5) is 0 Å². The van der Waals surface area contributed by atoms with Crippen molar-refractivity contribution in [3.63, 3.8) is 0 Å². The van der Waals surface area contributed by atoms with Crippen molar-refractivity contribution in [2.24, 2.45) is 4.99 Å². The van der Waals surface area contributed by atoms with Gasteiger partial charge >= 0.3 is 0 Å². The molecule has 0 aromatic carbocycles. The number of methoxy groups -OCH3 is 1. The topological polar surface area (TPSA) is 49.3 Å². The molecule has 0 bridgehead atoms. The second kappa shape index (κ2) is 10.8. The number of hydrogen-bond donors (Lipinski definition) is 1. The zero-order valence-electron chi connectivity index (χ0n) is 14.1. The summed E-state index contributed by atoms with van der Waals surface area (Å²) < 4.78 is 10.8. The first-order valence-corrected chi connectivity index (χ1v) is 7.96. The number of aliphatic imine (C=N–C) groups is 1. The van der Waals surface area contributed by atoms with Gasteiger partial charge < -0.3 is 24.6 Å². The van der Waals surface area contributed by atoms with Crippen molar-refractivity contribution in [2.45, 2.75) is 25.9 Å². The molecular formula is C15H32N4O2. The summed E-state index contributed by atoms with van der Waals surface area (Å²) in [6, 6.07) is 0. The number of ether oxygens (including phenoxy) is 2. The maximum Gasteiger partial charge on any atom is 0.193 e. The van der Waals surface area contributed by atoms with E-state index in [1.165, 1.54) is 0 Å². The number of likely N-dealkylation sites (N-methyl/N-ethyl adjacent to an activating group) is 1. The van der Waals surface area contributed by atoms with Crippen LogP contribution in [0.1, 0.15) is 19.8 Å². The molecule has 0 spiro atoms. The fourth-order valence-electron chi connectivity index (χ4n) is 2.52. The molecule has 6 heteroatoms. The Bertz CT molecular complexity index is 291. The van der Waals surface area contributed by atoms with Crippen LogP contribution in [0.5, 0.6) is 0 Å². The van der Waals surface area contributed by atoms with Crippen molar-refractivity contribution in [2.75, 3.05) is 67.1 Å². The van der Waals surface area contributed by atoms with Gasteiger partial charge in [-0.2, -0.15) is 0 Å². The van der Waals surface area contributed by atoms with Gasteiger partial charge in [0.15, 0.2) is 5.96 Å². The normalized spacial score (nSPS) is 17.6. The summed E-state index contributed by atoms with van der Waals surface area (Å²) >= 11 is 0. The third-order valence-electron chi connectivity index (χ3n) is 3.81. The predicted molar refractivity (Wildman–Crippen MR) is 87.0 cm³/mol. The third-order valence-corrected chi connectivity index (χ3v) is 3.81. The van der Waals surface area contributed by atoms with Crippen molar-refractivity contribution in [3.8, 4) is 0 Å². The van der Waals surface area contributed by atoms with Crippen molar-refractivity contribution >= 4 is 5.96 Å². The van der Waals surface area contributed by atoms with Gasteiger partial charge in [-0.05, 0) is 26.8 Å². The smallest absolute Gasteiger partial charge is 0.193 e. The molecule has 1 rings (SSSR count). The number of piperidine rings is 1. The Hall–Kier alpha value is -0.850. The van der Waals surface area contributed by atoms with E-state index in [0.29, 0.717) is 6.10 Å². The van der Waals surface area contributed by atoms with Crippen LogP contribution in [0.3, 0.4) is 0 Å². The van der Waals surface area contributed by atoms with Gasteiger partial charge in [-0.25, -0.2) is 0 Å². The molecule has 0 unspecified atom stereocenters. The number of rotatable bonds is 8. The van der Waals surface area contributed by atoms with Crippen molar-refractivity contribution in [3.05, 3.63) is 0 Å². The number of nitrogens with one attached hydrogen (secondary N) is 1. The fourth-order valence-corrected chi connectivity index (χ4v) is 2.52. The quantitative estimate of drug-likeness (QED) is 0.527. The van der Waals surface area contributed by atoms with Gasteiger partial charge in [-0.3, -0.25) is 4.99 Å². The van der Waals surface area contributed by atoms with E-state index in [0.717, 1.165) is 64.7 Å². The highest BCUT2D eigenvalue weighted by Crippen LogP contribution is 2.13. The van der Waals surface area contributed by atoms with E-state index in [-0.39, 0.29) is 0 Å². The van der Waals surface area contributed by atoms with Crippen LogP contribution < -0.4 is 5.32 Å². The highest BCUT2D eigenvalue weighted by Gasteiger charge is 2.21. The molecule has 1 fully saturated rings. The summed E-state index contributed by atoms with van der Waals surface area (Å²) in [5.74, 6) is 1.00. The van der Waals surface area contributed by atoms with E-state index in [4.69, 9.17) is 9.47 Å². The number of hydrogen-bond acceptors (Lipinski definition) is 4. The minimum Gasteiger partial charge on any atom is -0.383 e. The number of nitrogens with zero attached hydrogens (tertiary/aromatic N) is 3. The summed E-state index contributed by atoms with van der Waals surface area (Å²) in [5, 5.41) is 3.45. The maximum atomic E-state index is 5.69. The Morgan fingerprint density at radius 3 is 2.62 bits per heavy atom. The molecule has 0 amide bonds. The Morgan fingerprint density at radius 2 is 2.05 bits per heavy atom. The van der Waals surface area contributed by atoms with Gasteiger partial charge in [-0.1, -0.05) is 0 Å². The second-order valence-electron chi connectivity index (χ2n) is 5.41. The lowest BCUT2D eigenvalue weighted by molar-refractivity contribution is 0.0263. The summed E-state index contributed by atoms with van der Waals surface area (Å²) in [6.45, 7) is 8.52. The zero-order valence-corrected chi connectivity index (χ0v) is 14.1. The van der Waals surface area contributed by atoms with E-state index in [1.807, 2.05) is 7.05 Å². The molecule has 1 aliphatic heterocycles. The maximum absolute atomic E-state index is 5.69. The van der Waals surface area contributed by atoms with Crippen LogP contribution in [0.2, 0.25) is 0 Å². The van der Waals surface area contributed by atoms with Gasteiger partial charge in [0.2, 0.25) is 0 Å². The Morgan fingerprint density at radius 1 is 1.33 bits per heavy atom. The van der Waals surface area contributed by atoms with Crippen LogP contribution in [0, 0.1) is 0 Å². The Balaban J connectivity index is 2.23. The molecule has 1 N–H and O–H groups in total. The summed E-state index contributed by atoms with van der Waals surface area (Å²) in [4.78, 5) is 8.97. The van der Waals surface area contributed by atoms with Crippen LogP contribution >= 0.6 is 0 Å². The van der Waals surface area contributed by atoms with Crippen molar-refractivity contribution in [1.29, 1.82) is 0 Å². The lowest BCUT2D eigenvalue weighted by atomic mass is 10.1. The van der Waals surface area contributed by atoms with Gasteiger partial charge in [-0.15, -0.1) is 0 Å². The molecule has 6 nitrogen and oxygen atoms in total. The largest absolute Gasteiger partial charge is 0.383 e. The minimum atomic E-state index is 0.421. The van der Waals surface area contributed by atoms with Gasteiger partial charge in [0.25, 0.3) is 0 Å². The van der Waals surface area contributed by atoms with Gasteiger partial charge in [0.1, 0.15) is 0 Å². The Kier molecular flexibility index (Phi) is 9.37. The third kappa shape index (κ3) is 7.11. The zero-order chi connectivity index (χ0) is 15.5. The van der Waals surface area contributed by atoms with E-state index >= 15 is 0 Å². The van der Waals surface area contributed by atoms with Crippen molar-refractivity contribution < 1.29 is 9.47 Å². The van der Waals surface area contributed by atoms with Gasteiger partial charge in [0.05, 0.1) is 12.7 Å². The molecule has 0 radical (unpaired) electrons. The minimum absolute atomic E-state index is 0.421. The molecule has 1 heterocycles. The summed E-state index contributed by atoms with van der Waals surface area (Å²) in [5.41, 5.74) is 0. The molecular weight excluding hydrogens is 268 g/mol. The summed E-state index contributed by atoms with van der Waals surface area (Å²) in [7, 11) is 5.70. The first kappa shape index (κ1) is 18.2. The molecule has 0 aliphatic carbocycles. The monoisotopic (exact) mass is 300 g/mol. The number of likely N-dealkylation sites (tertiary alicyclic amines) is 1. The van der Waals surface area contributed by atoms with E-state index < -0.39 is 0 Å². The molecule has 21 heavy (non-hydrogen) atoms. The molecule has 1 saturated heterocycles. The van der Waals surface area contributed by atoms with E-state index in [2.05, 4.69) is 34.1 Å². The predicted octanol–water partition coefficient (Wildman–Crippen LogP) is 0.641. The number of guanidine groups is 1. The van der Waals surface area contributed by atoms with Gasteiger partial charge in [0, 0.05) is 53.5 Å². The molecule has 0 aromatic rings. The molecule has 0 aromatic heterocycles. The standard InChI is InChI=1S/C15H32N4O2/c1-5-21-14-6-9-19(10-7-14)15(16-2)17-8-11-18(3)12-13-20-4/h14H,5-13H2,1-4H3,(H,16,17). The first-order chi connectivity index (χ1) is 10.2. The first-order valence-electron chi connectivity index (χ1n) is 7.96. The fraction of sp³-hybridized carbons (Fsp3) is 0.933. The van der Waals surface area contributed by atoms with E-state index in [1.54, 1.807) is 7.11 Å². The van der Waals surface area contributed by atoms with Crippen LogP contribution in [-0.2, 0) is 9.47 Å². The van der Waals surface area contributed by atoms with E-state index in [9.17, 15) is 0 Å². The van der Waals surface area contributed by atoms with Crippen molar-refractivity contribution in [1.82, 2.24) is 15.1 Å². The Labute approximate surface area is 129 Å². The SMILES string of the molecule is CCOC1CCN(C(=NC)NCCN(C)CCOC)CC1. The molecule has 1 aliphatic rings. The highest BCUT2D eigenvalue weighted by atomic mass is 16.5. The molecule has 0 atom stereocenters. The van der Waals surface area contributed by atoms with Crippen LogP contribution in [-0.4, -0.2) is 89.0 Å². The average molecular weight is 300 g/mol. The van der Waals surface area contributed by atoms with Crippen LogP contribution in [0.15, 0.2) is 4.99 Å². The average Bonchev–Trinajstić information content (AvgIpc) is 2.51.